The largest absolute Gasteiger partial charge is 0.463 e. The highest BCUT2D eigenvalue weighted by Crippen LogP contribution is 2.42. The normalized spacial score (nSPS) is 16.7. The first-order chi connectivity index (χ1) is 13.1. The molecule has 1 aliphatic heterocycles. The number of benzene rings is 1. The van der Waals surface area contributed by atoms with E-state index in [-0.39, 0.29) is 6.61 Å². The van der Waals surface area contributed by atoms with Gasteiger partial charge < -0.3 is 9.47 Å². The van der Waals surface area contributed by atoms with Crippen molar-refractivity contribution in [2.75, 3.05) is 12.9 Å². The van der Waals surface area contributed by atoms with Crippen LogP contribution in [0.2, 0.25) is 0 Å². The molecule has 3 rings (SSSR count). The Morgan fingerprint density at radius 1 is 1.30 bits per heavy atom. The molecule has 0 fully saturated rings. The summed E-state index contributed by atoms with van der Waals surface area (Å²) in [6.07, 6.45) is 5.62. The van der Waals surface area contributed by atoms with Crippen LogP contribution in [0.15, 0.2) is 70.6 Å². The van der Waals surface area contributed by atoms with E-state index < -0.39 is 11.9 Å². The Bertz CT molecular complexity index is 935. The molecule has 1 atom stereocenters. The van der Waals surface area contributed by atoms with Crippen molar-refractivity contribution in [2.45, 2.75) is 24.7 Å². The average molecular weight is 380 g/mol. The van der Waals surface area contributed by atoms with E-state index >= 15 is 0 Å². The van der Waals surface area contributed by atoms with E-state index in [0.29, 0.717) is 22.8 Å². The number of thioether (sulfide) groups is 1. The third kappa shape index (κ3) is 3.64. The van der Waals surface area contributed by atoms with Crippen molar-refractivity contribution in [3.05, 3.63) is 71.3 Å². The predicted octanol–water partition coefficient (Wildman–Crippen LogP) is 4.55. The number of nitriles is 1. The van der Waals surface area contributed by atoms with E-state index in [9.17, 15) is 10.1 Å². The molecule has 1 aromatic carbocycles. The smallest absolute Gasteiger partial charge is 0.338 e. The zero-order valence-corrected chi connectivity index (χ0v) is 16.2. The van der Waals surface area contributed by atoms with Crippen LogP contribution in [0.4, 0.5) is 0 Å². The molecule has 138 valence electrons. The number of ether oxygens (including phenoxy) is 2. The van der Waals surface area contributed by atoms with Crippen molar-refractivity contribution in [1.29, 1.82) is 5.26 Å². The van der Waals surface area contributed by atoms with Gasteiger partial charge in [0.2, 0.25) is 5.88 Å². The van der Waals surface area contributed by atoms with Gasteiger partial charge in [-0.1, -0.05) is 12.1 Å². The van der Waals surface area contributed by atoms with Gasteiger partial charge in [0.15, 0.2) is 0 Å². The summed E-state index contributed by atoms with van der Waals surface area (Å²) in [5.74, 6) is -0.161. The maximum absolute atomic E-state index is 12.7. The van der Waals surface area contributed by atoms with Crippen molar-refractivity contribution >= 4 is 23.6 Å². The number of carbonyl (C=O) groups excluding carboxylic acids is 1. The van der Waals surface area contributed by atoms with E-state index in [0.717, 1.165) is 10.5 Å². The number of aromatic nitrogens is 1. The monoisotopic (exact) mass is 380 g/mol. The highest BCUT2D eigenvalue weighted by molar-refractivity contribution is 7.98. The molecule has 0 aliphatic carbocycles. The van der Waals surface area contributed by atoms with Crippen molar-refractivity contribution in [3.8, 4) is 6.07 Å². The number of esters is 1. The summed E-state index contributed by atoms with van der Waals surface area (Å²) in [7, 11) is 0. The van der Waals surface area contributed by atoms with Gasteiger partial charge in [0.1, 0.15) is 17.4 Å². The maximum Gasteiger partial charge on any atom is 0.338 e. The molecule has 0 radical (unpaired) electrons. The third-order valence-corrected chi connectivity index (χ3v) is 5.08. The molecule has 1 aromatic heterocycles. The fourth-order valence-corrected chi connectivity index (χ4v) is 3.51. The van der Waals surface area contributed by atoms with Gasteiger partial charge in [-0.15, -0.1) is 11.8 Å². The number of rotatable bonds is 5. The third-order valence-electron chi connectivity index (χ3n) is 4.34. The van der Waals surface area contributed by atoms with Crippen molar-refractivity contribution in [2.24, 2.45) is 0 Å². The lowest BCUT2D eigenvalue weighted by Crippen LogP contribution is -2.24. The minimum Gasteiger partial charge on any atom is -0.463 e. The predicted molar refractivity (Wildman–Crippen MR) is 105 cm³/mol. The summed E-state index contributed by atoms with van der Waals surface area (Å²) >= 11 is 1.64. The average Bonchev–Trinajstić information content (AvgIpc) is 3.22. The highest BCUT2D eigenvalue weighted by atomic mass is 32.2. The topological polar surface area (TPSA) is 64.2 Å². The van der Waals surface area contributed by atoms with Crippen LogP contribution >= 0.6 is 11.8 Å². The van der Waals surface area contributed by atoms with Gasteiger partial charge in [0, 0.05) is 17.3 Å². The van der Waals surface area contributed by atoms with Gasteiger partial charge in [0.25, 0.3) is 0 Å². The molecule has 0 spiro atoms. The summed E-state index contributed by atoms with van der Waals surface area (Å²) in [5.41, 5.74) is 1.58. The Morgan fingerprint density at radius 2 is 1.96 bits per heavy atom. The van der Waals surface area contributed by atoms with Crippen molar-refractivity contribution in [1.82, 2.24) is 4.57 Å². The Kier molecular flexibility index (Phi) is 5.72. The maximum atomic E-state index is 12.7. The molecule has 6 heteroatoms. The molecule has 0 unspecified atom stereocenters. The van der Waals surface area contributed by atoms with E-state index in [4.69, 9.17) is 9.47 Å². The van der Waals surface area contributed by atoms with Crippen LogP contribution < -0.4 is 0 Å². The van der Waals surface area contributed by atoms with Crippen LogP contribution in [0.1, 0.15) is 25.3 Å². The number of carbonyl (C=O) groups is 1. The SMILES string of the molecule is CCOC(=O)C1=C(C)OC(n2cccc2)=C(C#N)[C@H]1c1ccc(SC)cc1. The molecule has 27 heavy (non-hydrogen) atoms. The summed E-state index contributed by atoms with van der Waals surface area (Å²) in [4.78, 5) is 13.8. The minimum atomic E-state index is -0.545. The Morgan fingerprint density at radius 3 is 2.52 bits per heavy atom. The second kappa shape index (κ2) is 8.19. The standard InChI is InChI=1S/C21H20N2O3S/c1-4-25-21(24)18-14(2)26-20(23-11-5-6-12-23)17(13-22)19(18)15-7-9-16(27-3)10-8-15/h5-12,19H,4H2,1-3H3/t19-/m1/s1. The lowest BCUT2D eigenvalue weighted by molar-refractivity contribution is -0.139. The second-order valence-electron chi connectivity index (χ2n) is 5.92. The molecule has 5 nitrogen and oxygen atoms in total. The number of allylic oxidation sites excluding steroid dienone is 2. The number of nitrogens with zero attached hydrogens (tertiary/aromatic N) is 2. The molecule has 0 saturated heterocycles. The fourth-order valence-electron chi connectivity index (χ4n) is 3.10. The van der Waals surface area contributed by atoms with Gasteiger partial charge in [-0.3, -0.25) is 4.57 Å². The van der Waals surface area contributed by atoms with Gasteiger partial charge >= 0.3 is 5.97 Å². The minimum absolute atomic E-state index is 0.254. The van der Waals surface area contributed by atoms with Gasteiger partial charge in [0.05, 0.1) is 18.1 Å². The summed E-state index contributed by atoms with van der Waals surface area (Å²) in [6.45, 7) is 3.74. The Labute approximate surface area is 162 Å². The van der Waals surface area contributed by atoms with Gasteiger partial charge in [-0.05, 0) is 49.9 Å². The lowest BCUT2D eigenvalue weighted by Gasteiger charge is -2.28. The molecular formula is C21H20N2O3S. The first-order valence-electron chi connectivity index (χ1n) is 8.58. The molecule has 0 saturated carbocycles. The molecule has 2 heterocycles. The van der Waals surface area contributed by atoms with E-state index in [1.807, 2.05) is 55.0 Å². The zero-order valence-electron chi connectivity index (χ0n) is 15.4. The van der Waals surface area contributed by atoms with Crippen molar-refractivity contribution < 1.29 is 14.3 Å². The Balaban J connectivity index is 2.19. The van der Waals surface area contributed by atoms with E-state index in [2.05, 4.69) is 6.07 Å². The van der Waals surface area contributed by atoms with Crippen LogP contribution in [-0.4, -0.2) is 23.4 Å². The zero-order chi connectivity index (χ0) is 19.4. The van der Waals surface area contributed by atoms with Crippen LogP contribution in [0.5, 0.6) is 0 Å². The summed E-state index contributed by atoms with van der Waals surface area (Å²) in [5, 5.41) is 9.93. The second-order valence-corrected chi connectivity index (χ2v) is 6.80. The van der Waals surface area contributed by atoms with E-state index in [1.54, 1.807) is 30.2 Å². The summed E-state index contributed by atoms with van der Waals surface area (Å²) < 4.78 is 12.9. The van der Waals surface area contributed by atoms with Gasteiger partial charge in [-0.2, -0.15) is 5.26 Å². The molecule has 0 bridgehead atoms. The van der Waals surface area contributed by atoms with Crippen LogP contribution in [0, 0.1) is 11.3 Å². The molecule has 0 N–H and O–H groups in total. The fraction of sp³-hybridized carbons (Fsp3) is 0.238. The van der Waals surface area contributed by atoms with Crippen LogP contribution in [-0.2, 0) is 14.3 Å². The molecule has 1 aliphatic rings. The quantitative estimate of drug-likeness (QED) is 0.562. The number of hydrogen-bond acceptors (Lipinski definition) is 5. The lowest BCUT2D eigenvalue weighted by atomic mass is 9.83. The van der Waals surface area contributed by atoms with Crippen molar-refractivity contribution in [3.63, 3.8) is 0 Å². The Hall–Kier alpha value is -2.91. The van der Waals surface area contributed by atoms with E-state index in [1.165, 1.54) is 0 Å². The van der Waals surface area contributed by atoms with Crippen LogP contribution in [0.25, 0.3) is 5.88 Å². The first kappa shape index (κ1) is 18.9. The molecule has 2 aromatic rings. The van der Waals surface area contributed by atoms with Gasteiger partial charge in [-0.25, -0.2) is 4.79 Å². The molecule has 0 amide bonds. The van der Waals surface area contributed by atoms with Crippen LogP contribution in [0.3, 0.4) is 0 Å². The summed E-state index contributed by atoms with van der Waals surface area (Å²) in [6, 6.07) is 13.8. The highest BCUT2D eigenvalue weighted by Gasteiger charge is 2.37. The molecular weight excluding hydrogens is 360 g/mol. The first-order valence-corrected chi connectivity index (χ1v) is 9.80. The number of hydrogen-bond donors (Lipinski definition) is 0.